The maximum Gasteiger partial charge on any atom is 0.411 e. The third-order valence-electron chi connectivity index (χ3n) is 5.70. The van der Waals surface area contributed by atoms with Gasteiger partial charge < -0.3 is 9.47 Å². The smallest absolute Gasteiger partial charge is 0.411 e. The summed E-state index contributed by atoms with van der Waals surface area (Å²) in [5.74, 6) is 0. The maximum atomic E-state index is 11.7. The van der Waals surface area contributed by atoms with Crippen LogP contribution in [0.3, 0.4) is 0 Å². The monoisotopic (exact) mass is 494 g/mol. The highest BCUT2D eigenvalue weighted by Gasteiger charge is 2.03. The summed E-state index contributed by atoms with van der Waals surface area (Å²) in [6, 6.07) is 18.7. The lowest BCUT2D eigenvalue weighted by Crippen LogP contribution is -2.14. The first kappa shape index (κ1) is 29.0. The van der Waals surface area contributed by atoms with Crippen LogP contribution in [0, 0.1) is 0 Å². The fourth-order valence-electron chi connectivity index (χ4n) is 3.71. The Kier molecular flexibility index (Phi) is 16.1. The summed E-state index contributed by atoms with van der Waals surface area (Å²) < 4.78 is 10.4. The molecule has 0 spiro atoms. The molecule has 0 aliphatic rings. The predicted molar refractivity (Wildman–Crippen MR) is 147 cm³/mol. The fourth-order valence-corrected chi connectivity index (χ4v) is 3.71. The summed E-state index contributed by atoms with van der Waals surface area (Å²) in [6.45, 7) is 0.935. The van der Waals surface area contributed by atoms with Gasteiger partial charge in [0.25, 0.3) is 0 Å². The van der Waals surface area contributed by atoms with Crippen molar-refractivity contribution in [2.24, 2.45) is 0 Å². The van der Waals surface area contributed by atoms with Gasteiger partial charge in [-0.15, -0.1) is 0 Å². The van der Waals surface area contributed by atoms with Crippen molar-refractivity contribution in [3.8, 4) is 0 Å². The minimum atomic E-state index is -0.385. The average Bonchev–Trinajstić information content (AvgIpc) is 2.89. The molecule has 2 rings (SSSR count). The number of hydrogen-bond acceptors (Lipinski definition) is 4. The number of anilines is 2. The molecule has 0 unspecified atom stereocenters. The van der Waals surface area contributed by atoms with Crippen molar-refractivity contribution in [1.29, 1.82) is 0 Å². The van der Waals surface area contributed by atoms with E-state index in [2.05, 4.69) is 22.8 Å². The van der Waals surface area contributed by atoms with Gasteiger partial charge in [0.2, 0.25) is 0 Å². The molecule has 196 valence electrons. The molecule has 2 aromatic rings. The van der Waals surface area contributed by atoms with Crippen LogP contribution >= 0.6 is 0 Å². The highest BCUT2D eigenvalue weighted by atomic mass is 16.6. The van der Waals surface area contributed by atoms with Gasteiger partial charge >= 0.3 is 12.2 Å². The number of para-hydroxylation sites is 2. The average molecular weight is 495 g/mol. The van der Waals surface area contributed by atoms with Crippen molar-refractivity contribution < 1.29 is 19.1 Å². The van der Waals surface area contributed by atoms with Crippen LogP contribution in [0.25, 0.3) is 0 Å². The van der Waals surface area contributed by atoms with Gasteiger partial charge in [0.05, 0.1) is 13.2 Å². The molecule has 0 atom stereocenters. The molecule has 0 saturated carbocycles. The van der Waals surface area contributed by atoms with E-state index in [0.717, 1.165) is 49.9 Å². The summed E-state index contributed by atoms with van der Waals surface area (Å²) in [5.41, 5.74) is 1.51. The van der Waals surface area contributed by atoms with E-state index in [9.17, 15) is 9.59 Å². The Balaban J connectivity index is 1.28. The molecule has 2 aromatic carbocycles. The zero-order chi connectivity index (χ0) is 25.5. The number of allylic oxidation sites excluding steroid dienone is 2. The molecule has 6 heteroatoms. The van der Waals surface area contributed by atoms with Crippen LogP contribution in [0.1, 0.15) is 77.0 Å². The van der Waals surface area contributed by atoms with Gasteiger partial charge in [-0.1, -0.05) is 87.1 Å². The number of nitrogens with one attached hydrogen (secondary N) is 2. The number of amides is 2. The van der Waals surface area contributed by atoms with E-state index in [4.69, 9.17) is 9.47 Å². The van der Waals surface area contributed by atoms with E-state index in [0.29, 0.717) is 13.2 Å². The topological polar surface area (TPSA) is 76.7 Å². The Hall–Kier alpha value is -3.28. The van der Waals surface area contributed by atoms with E-state index in [1.807, 2.05) is 60.7 Å². The van der Waals surface area contributed by atoms with Gasteiger partial charge in [0.15, 0.2) is 0 Å². The van der Waals surface area contributed by atoms with Crippen LogP contribution in [0.2, 0.25) is 0 Å². The van der Waals surface area contributed by atoms with Crippen LogP contribution in [-0.2, 0) is 9.47 Å². The molecular formula is C30H42N2O4. The fraction of sp³-hybridized carbons (Fsp3) is 0.467. The molecule has 0 aromatic heterocycles. The predicted octanol–water partition coefficient (Wildman–Crippen LogP) is 8.72. The second kappa shape index (κ2) is 20.0. The molecule has 0 bridgehead atoms. The summed E-state index contributed by atoms with van der Waals surface area (Å²) in [5, 5.41) is 5.44. The first-order valence-electron chi connectivity index (χ1n) is 13.4. The van der Waals surface area contributed by atoms with Crippen molar-refractivity contribution in [3.63, 3.8) is 0 Å². The highest BCUT2D eigenvalue weighted by molar-refractivity contribution is 5.84. The molecule has 0 fully saturated rings. The molecule has 2 amide bonds. The first-order chi connectivity index (χ1) is 17.7. The number of benzene rings is 2. The number of unbranched alkanes of at least 4 members (excludes halogenated alkanes) is 10. The van der Waals surface area contributed by atoms with Crippen LogP contribution < -0.4 is 10.6 Å². The summed E-state index contributed by atoms with van der Waals surface area (Å²) in [7, 11) is 0. The van der Waals surface area contributed by atoms with Crippen LogP contribution in [-0.4, -0.2) is 25.4 Å². The lowest BCUT2D eigenvalue weighted by molar-refractivity contribution is 0.158. The molecule has 2 N–H and O–H groups in total. The molecule has 0 heterocycles. The van der Waals surface area contributed by atoms with E-state index in [1.165, 1.54) is 38.5 Å². The Labute approximate surface area is 216 Å². The zero-order valence-electron chi connectivity index (χ0n) is 21.5. The number of hydrogen-bond donors (Lipinski definition) is 2. The largest absolute Gasteiger partial charge is 0.449 e. The Morgan fingerprint density at radius 3 is 1.31 bits per heavy atom. The van der Waals surface area contributed by atoms with Crippen molar-refractivity contribution in [1.82, 2.24) is 0 Å². The van der Waals surface area contributed by atoms with Gasteiger partial charge in [-0.2, -0.15) is 0 Å². The van der Waals surface area contributed by atoms with Gasteiger partial charge in [-0.05, 0) is 62.8 Å². The van der Waals surface area contributed by atoms with Crippen LogP contribution in [0.15, 0.2) is 72.8 Å². The molecule has 36 heavy (non-hydrogen) atoms. The molecule has 0 radical (unpaired) electrons. The summed E-state index contributed by atoms with van der Waals surface area (Å²) >= 11 is 0. The standard InChI is InChI=1S/C30H42N2O4/c33-29(31-27-21-15-13-16-22-27)35-25-19-11-9-7-5-3-1-2-4-6-8-10-12-20-26-36-30(34)32-28-23-17-14-18-24-28/h1-2,13-18,21-24H,3-12,19-20,25-26H2,(H,31,33)(H,32,34)/b2-1-. The number of carbonyl (C=O) groups excluding carboxylic acids is 2. The SMILES string of the molecule is O=C(Nc1ccccc1)OCCCCCCC/C=C\CCCCCCCOC(=O)Nc1ccccc1. The zero-order valence-corrected chi connectivity index (χ0v) is 21.5. The van der Waals surface area contributed by atoms with Gasteiger partial charge in [0.1, 0.15) is 0 Å². The number of carbonyl (C=O) groups is 2. The molecule has 0 aliphatic carbocycles. The minimum absolute atomic E-state index is 0.385. The van der Waals surface area contributed by atoms with Crippen molar-refractivity contribution in [2.75, 3.05) is 23.8 Å². The van der Waals surface area contributed by atoms with Gasteiger partial charge in [-0.25, -0.2) is 9.59 Å². The molecular weight excluding hydrogens is 452 g/mol. The van der Waals surface area contributed by atoms with Crippen molar-refractivity contribution >= 4 is 23.6 Å². The molecule has 6 nitrogen and oxygen atoms in total. The summed E-state index contributed by atoms with van der Waals surface area (Å²) in [4.78, 5) is 23.4. The van der Waals surface area contributed by atoms with Gasteiger partial charge in [0, 0.05) is 11.4 Å². The van der Waals surface area contributed by atoms with Crippen molar-refractivity contribution in [2.45, 2.75) is 77.0 Å². The highest BCUT2D eigenvalue weighted by Crippen LogP contribution is 2.10. The summed E-state index contributed by atoms with van der Waals surface area (Å²) in [6.07, 6.45) is 17.3. The van der Waals surface area contributed by atoms with E-state index in [1.54, 1.807) is 0 Å². The second-order valence-corrected chi connectivity index (χ2v) is 8.84. The Morgan fingerprint density at radius 2 is 0.889 bits per heavy atom. The maximum absolute atomic E-state index is 11.7. The second-order valence-electron chi connectivity index (χ2n) is 8.84. The first-order valence-corrected chi connectivity index (χ1v) is 13.4. The number of ether oxygens (including phenoxy) is 2. The lowest BCUT2D eigenvalue weighted by atomic mass is 10.1. The van der Waals surface area contributed by atoms with E-state index < -0.39 is 0 Å². The minimum Gasteiger partial charge on any atom is -0.449 e. The Bertz CT molecular complexity index is 784. The lowest BCUT2D eigenvalue weighted by Gasteiger charge is -2.06. The van der Waals surface area contributed by atoms with Crippen molar-refractivity contribution in [3.05, 3.63) is 72.8 Å². The molecule has 0 aliphatic heterocycles. The van der Waals surface area contributed by atoms with Crippen LogP contribution in [0.4, 0.5) is 21.0 Å². The quantitative estimate of drug-likeness (QED) is 0.160. The molecule has 0 saturated heterocycles. The normalized spacial score (nSPS) is 10.8. The van der Waals surface area contributed by atoms with Gasteiger partial charge in [-0.3, -0.25) is 10.6 Å². The third kappa shape index (κ3) is 15.6. The Morgan fingerprint density at radius 1 is 0.528 bits per heavy atom. The van der Waals surface area contributed by atoms with Crippen LogP contribution in [0.5, 0.6) is 0 Å². The van der Waals surface area contributed by atoms with E-state index in [-0.39, 0.29) is 12.2 Å². The number of rotatable bonds is 18. The third-order valence-corrected chi connectivity index (χ3v) is 5.70. The van der Waals surface area contributed by atoms with E-state index >= 15 is 0 Å².